The molecule has 1 atom stereocenters. The highest BCUT2D eigenvalue weighted by Gasteiger charge is 2.31. The largest absolute Gasteiger partial charge is 0.507 e. The summed E-state index contributed by atoms with van der Waals surface area (Å²) < 4.78 is 27.7. The molecule has 9 nitrogen and oxygen atoms in total. The molecule has 1 fully saturated rings. The lowest BCUT2D eigenvalue weighted by atomic mass is 9.86. The maximum absolute atomic E-state index is 13.7. The molecule has 0 radical (unpaired) electrons. The van der Waals surface area contributed by atoms with Gasteiger partial charge in [-0.3, -0.25) is 4.79 Å². The van der Waals surface area contributed by atoms with Crippen molar-refractivity contribution in [3.05, 3.63) is 65.7 Å². The number of methoxy groups -OCH3 is 5. The SMILES string of the molecule is COc1cc(O)c([C@H](CC(=O)N2CCN(c3ccccc3)CC2)c2cc(OC)c(OC)c(OC)c2)c(OC)c1. The Bertz CT molecular complexity index is 1250. The Balaban J connectivity index is 1.69. The van der Waals surface area contributed by atoms with Crippen LogP contribution in [0.3, 0.4) is 0 Å². The predicted octanol–water partition coefficient (Wildman–Crippen LogP) is 4.31. The van der Waals surface area contributed by atoms with E-state index in [-0.39, 0.29) is 18.1 Å². The zero-order valence-corrected chi connectivity index (χ0v) is 23.1. The molecule has 3 aromatic carbocycles. The van der Waals surface area contributed by atoms with Crippen molar-refractivity contribution in [1.82, 2.24) is 4.90 Å². The molecular weight excluding hydrogens is 500 g/mol. The van der Waals surface area contributed by atoms with Gasteiger partial charge in [-0.1, -0.05) is 18.2 Å². The molecular formula is C30H36N2O7. The number of piperazine rings is 1. The van der Waals surface area contributed by atoms with Gasteiger partial charge in [0.05, 0.1) is 35.5 Å². The summed E-state index contributed by atoms with van der Waals surface area (Å²) in [6.45, 7) is 2.67. The highest BCUT2D eigenvalue weighted by molar-refractivity contribution is 5.79. The number of ether oxygens (including phenoxy) is 5. The Morgan fingerprint density at radius 1 is 0.795 bits per heavy atom. The number of benzene rings is 3. The summed E-state index contributed by atoms with van der Waals surface area (Å²) in [5.74, 6) is 1.56. The molecule has 1 N–H and O–H groups in total. The molecule has 9 heteroatoms. The highest BCUT2D eigenvalue weighted by Crippen LogP contribution is 2.47. The molecule has 1 heterocycles. The molecule has 0 spiro atoms. The maximum Gasteiger partial charge on any atom is 0.223 e. The summed E-state index contributed by atoms with van der Waals surface area (Å²) in [5, 5.41) is 11.1. The van der Waals surface area contributed by atoms with E-state index < -0.39 is 5.92 Å². The smallest absolute Gasteiger partial charge is 0.223 e. The summed E-state index contributed by atoms with van der Waals surface area (Å²) >= 11 is 0. The van der Waals surface area contributed by atoms with Gasteiger partial charge in [-0.2, -0.15) is 0 Å². The third-order valence-electron chi connectivity index (χ3n) is 7.12. The lowest BCUT2D eigenvalue weighted by molar-refractivity contribution is -0.131. The number of rotatable bonds is 10. The molecule has 0 aliphatic carbocycles. The van der Waals surface area contributed by atoms with Crippen molar-refractivity contribution in [2.24, 2.45) is 0 Å². The number of carbonyl (C=O) groups excluding carboxylic acids is 1. The van der Waals surface area contributed by atoms with E-state index in [1.807, 2.05) is 23.1 Å². The first-order valence-electron chi connectivity index (χ1n) is 12.8. The van der Waals surface area contributed by atoms with Gasteiger partial charge in [0, 0.05) is 61.9 Å². The first kappa shape index (κ1) is 27.8. The second kappa shape index (κ2) is 12.5. The van der Waals surface area contributed by atoms with Gasteiger partial charge in [0.25, 0.3) is 0 Å². The monoisotopic (exact) mass is 536 g/mol. The van der Waals surface area contributed by atoms with E-state index in [1.165, 1.54) is 27.4 Å². The molecule has 4 rings (SSSR count). The molecule has 0 aromatic heterocycles. The molecule has 0 bridgehead atoms. The third kappa shape index (κ3) is 5.92. The minimum atomic E-state index is -0.570. The van der Waals surface area contributed by atoms with Gasteiger partial charge in [-0.15, -0.1) is 0 Å². The van der Waals surface area contributed by atoms with Gasteiger partial charge in [-0.25, -0.2) is 0 Å². The fourth-order valence-corrected chi connectivity index (χ4v) is 5.07. The average Bonchev–Trinajstić information content (AvgIpc) is 2.99. The quantitative estimate of drug-likeness (QED) is 0.410. The molecule has 3 aromatic rings. The van der Waals surface area contributed by atoms with Crippen LogP contribution in [0.5, 0.6) is 34.5 Å². The van der Waals surface area contributed by atoms with Gasteiger partial charge in [0.15, 0.2) is 11.5 Å². The second-order valence-electron chi connectivity index (χ2n) is 9.18. The van der Waals surface area contributed by atoms with Crippen molar-refractivity contribution < 1.29 is 33.6 Å². The van der Waals surface area contributed by atoms with E-state index in [2.05, 4.69) is 17.0 Å². The third-order valence-corrected chi connectivity index (χ3v) is 7.12. The van der Waals surface area contributed by atoms with Gasteiger partial charge in [0.2, 0.25) is 11.7 Å². The summed E-state index contributed by atoms with van der Waals surface area (Å²) in [6.07, 6.45) is 0.0974. The summed E-state index contributed by atoms with van der Waals surface area (Å²) in [4.78, 5) is 17.9. The summed E-state index contributed by atoms with van der Waals surface area (Å²) in [7, 11) is 7.66. The van der Waals surface area contributed by atoms with E-state index in [4.69, 9.17) is 23.7 Å². The Labute approximate surface area is 229 Å². The Morgan fingerprint density at radius 2 is 1.41 bits per heavy atom. The first-order chi connectivity index (χ1) is 18.9. The van der Waals surface area contributed by atoms with E-state index in [9.17, 15) is 9.90 Å². The predicted molar refractivity (Wildman–Crippen MR) is 149 cm³/mol. The minimum absolute atomic E-state index is 0.0289. The van der Waals surface area contributed by atoms with Crippen LogP contribution in [0.15, 0.2) is 54.6 Å². The molecule has 39 heavy (non-hydrogen) atoms. The molecule has 0 unspecified atom stereocenters. The van der Waals surface area contributed by atoms with Gasteiger partial charge < -0.3 is 38.6 Å². The molecule has 1 aliphatic heterocycles. The van der Waals surface area contributed by atoms with Crippen molar-refractivity contribution in [2.75, 3.05) is 66.6 Å². The number of para-hydroxylation sites is 1. The minimum Gasteiger partial charge on any atom is -0.507 e. The second-order valence-corrected chi connectivity index (χ2v) is 9.18. The lowest BCUT2D eigenvalue weighted by Gasteiger charge is -2.37. The standard InChI is InChI=1S/C30H36N2O7/c1-35-22-17-24(33)29(25(18-22)36-2)23(20-15-26(37-3)30(39-5)27(16-20)38-4)19-28(34)32-13-11-31(12-14-32)21-9-7-6-8-10-21/h6-10,15-18,23,33H,11-14,19H2,1-5H3/t23-/m1/s1. The molecule has 0 saturated carbocycles. The van der Waals surface area contributed by atoms with Gasteiger partial charge in [-0.05, 0) is 29.8 Å². The van der Waals surface area contributed by atoms with Crippen LogP contribution in [0.2, 0.25) is 0 Å². The molecule has 1 amide bonds. The number of amides is 1. The maximum atomic E-state index is 13.7. The molecule has 1 saturated heterocycles. The van der Waals surface area contributed by atoms with E-state index in [1.54, 1.807) is 32.4 Å². The first-order valence-corrected chi connectivity index (χ1v) is 12.8. The van der Waals surface area contributed by atoms with Crippen molar-refractivity contribution in [2.45, 2.75) is 12.3 Å². The van der Waals surface area contributed by atoms with E-state index in [0.29, 0.717) is 53.0 Å². The molecule has 208 valence electrons. The van der Waals surface area contributed by atoms with Crippen LogP contribution in [0.4, 0.5) is 5.69 Å². The average molecular weight is 537 g/mol. The zero-order valence-electron chi connectivity index (χ0n) is 23.1. The Kier molecular flexibility index (Phi) is 8.91. The number of aromatic hydroxyl groups is 1. The van der Waals surface area contributed by atoms with Crippen LogP contribution in [-0.4, -0.2) is 77.6 Å². The number of hydrogen-bond acceptors (Lipinski definition) is 8. The zero-order chi connectivity index (χ0) is 27.9. The fourth-order valence-electron chi connectivity index (χ4n) is 5.07. The molecule has 1 aliphatic rings. The number of phenolic OH excluding ortho intramolecular Hbond substituents is 1. The van der Waals surface area contributed by atoms with Crippen molar-refractivity contribution in [3.8, 4) is 34.5 Å². The van der Waals surface area contributed by atoms with Crippen LogP contribution < -0.4 is 28.6 Å². The highest BCUT2D eigenvalue weighted by atomic mass is 16.5. The van der Waals surface area contributed by atoms with Crippen LogP contribution in [0, 0.1) is 0 Å². The fraction of sp³-hybridized carbons (Fsp3) is 0.367. The van der Waals surface area contributed by atoms with Crippen molar-refractivity contribution in [1.29, 1.82) is 0 Å². The summed E-state index contributed by atoms with van der Waals surface area (Å²) in [6, 6.07) is 17.0. The number of carbonyl (C=O) groups is 1. The lowest BCUT2D eigenvalue weighted by Crippen LogP contribution is -2.49. The van der Waals surface area contributed by atoms with Gasteiger partial charge >= 0.3 is 0 Å². The summed E-state index contributed by atoms with van der Waals surface area (Å²) in [5.41, 5.74) is 2.33. The van der Waals surface area contributed by atoms with Crippen LogP contribution in [-0.2, 0) is 4.79 Å². The van der Waals surface area contributed by atoms with Crippen molar-refractivity contribution in [3.63, 3.8) is 0 Å². The van der Waals surface area contributed by atoms with E-state index in [0.717, 1.165) is 18.8 Å². The number of phenols is 1. The topological polar surface area (TPSA) is 89.9 Å². The van der Waals surface area contributed by atoms with Crippen molar-refractivity contribution >= 4 is 11.6 Å². The number of nitrogens with zero attached hydrogens (tertiary/aromatic N) is 2. The normalized spacial score (nSPS) is 14.0. The number of hydrogen-bond donors (Lipinski definition) is 1. The Morgan fingerprint density at radius 3 is 1.95 bits per heavy atom. The Hall–Kier alpha value is -4.27. The van der Waals surface area contributed by atoms with Crippen LogP contribution in [0.1, 0.15) is 23.5 Å². The van der Waals surface area contributed by atoms with E-state index >= 15 is 0 Å². The van der Waals surface area contributed by atoms with Crippen LogP contribution in [0.25, 0.3) is 0 Å². The number of anilines is 1. The van der Waals surface area contributed by atoms with Gasteiger partial charge in [0.1, 0.15) is 17.2 Å². The van der Waals surface area contributed by atoms with Crippen LogP contribution >= 0.6 is 0 Å².